The van der Waals surface area contributed by atoms with Crippen LogP contribution in [0.15, 0.2) is 36.4 Å². The summed E-state index contributed by atoms with van der Waals surface area (Å²) in [5.41, 5.74) is 1.79. The van der Waals surface area contributed by atoms with Crippen molar-refractivity contribution in [2.45, 2.75) is 45.6 Å². The standard InChI is InChI=1S/C22H25N3O3S/c1-14-8-6-7-11-18(14)23-20(26)13-28-22(27)19-12-17-15(2)24-25(21(17)29-19)16-9-4-3-5-10-16/h3-5,9-10,12,14,18H,6-8,11,13H2,1-2H3,(H,23,26). The Balaban J connectivity index is 1.43. The molecule has 2 heterocycles. The number of fused-ring (bicyclic) bond motifs is 1. The second kappa shape index (κ2) is 8.37. The number of aryl methyl sites for hydroxylation is 1. The second-order valence-electron chi connectivity index (χ2n) is 7.67. The first kappa shape index (κ1) is 19.6. The molecule has 1 aliphatic carbocycles. The average molecular weight is 412 g/mol. The van der Waals surface area contributed by atoms with Gasteiger partial charge in [0.2, 0.25) is 0 Å². The van der Waals surface area contributed by atoms with Crippen molar-refractivity contribution in [2.24, 2.45) is 5.92 Å². The molecule has 3 aromatic rings. The van der Waals surface area contributed by atoms with E-state index < -0.39 is 5.97 Å². The number of ether oxygens (including phenoxy) is 1. The summed E-state index contributed by atoms with van der Waals surface area (Å²) < 4.78 is 7.12. The van der Waals surface area contributed by atoms with Crippen LogP contribution in [0.1, 0.15) is 48.0 Å². The molecule has 7 heteroatoms. The van der Waals surface area contributed by atoms with E-state index in [0.29, 0.717) is 10.8 Å². The van der Waals surface area contributed by atoms with E-state index in [2.05, 4.69) is 17.3 Å². The average Bonchev–Trinajstić information content (AvgIpc) is 3.29. The number of carbonyl (C=O) groups excluding carboxylic acids is 2. The number of benzene rings is 1. The smallest absolute Gasteiger partial charge is 0.348 e. The molecule has 1 fully saturated rings. The zero-order valence-corrected chi connectivity index (χ0v) is 17.5. The fourth-order valence-electron chi connectivity index (χ4n) is 3.87. The van der Waals surface area contributed by atoms with Gasteiger partial charge in [0.05, 0.1) is 11.4 Å². The number of aromatic nitrogens is 2. The normalized spacial score (nSPS) is 19.2. The monoisotopic (exact) mass is 411 g/mol. The minimum atomic E-state index is -0.475. The zero-order valence-electron chi connectivity index (χ0n) is 16.7. The molecule has 1 aromatic carbocycles. The van der Waals surface area contributed by atoms with E-state index in [9.17, 15) is 9.59 Å². The van der Waals surface area contributed by atoms with E-state index in [0.717, 1.165) is 40.9 Å². The third-order valence-electron chi connectivity index (χ3n) is 5.54. The Kier molecular flexibility index (Phi) is 5.67. The Hall–Kier alpha value is -2.67. The molecule has 1 saturated carbocycles. The SMILES string of the molecule is Cc1nn(-c2ccccc2)c2sc(C(=O)OCC(=O)NC3CCCCC3C)cc12. The van der Waals surface area contributed by atoms with Crippen LogP contribution in [0, 0.1) is 12.8 Å². The Morgan fingerprint density at radius 1 is 1.24 bits per heavy atom. The topological polar surface area (TPSA) is 73.2 Å². The van der Waals surface area contributed by atoms with E-state index in [-0.39, 0.29) is 18.6 Å². The van der Waals surface area contributed by atoms with Crippen LogP contribution in [0.3, 0.4) is 0 Å². The number of esters is 1. The number of nitrogens with zero attached hydrogens (tertiary/aromatic N) is 2. The van der Waals surface area contributed by atoms with E-state index >= 15 is 0 Å². The van der Waals surface area contributed by atoms with Crippen molar-refractivity contribution in [3.05, 3.63) is 47.0 Å². The van der Waals surface area contributed by atoms with Crippen molar-refractivity contribution in [3.8, 4) is 5.69 Å². The lowest BCUT2D eigenvalue weighted by Crippen LogP contribution is -2.42. The molecule has 2 atom stereocenters. The van der Waals surface area contributed by atoms with Crippen molar-refractivity contribution in [1.82, 2.24) is 15.1 Å². The summed E-state index contributed by atoms with van der Waals surface area (Å²) in [5.74, 6) is -0.239. The quantitative estimate of drug-likeness (QED) is 0.637. The van der Waals surface area contributed by atoms with E-state index in [1.165, 1.54) is 17.8 Å². The molecule has 2 unspecified atom stereocenters. The number of thiophene rings is 1. The molecule has 0 saturated heterocycles. The van der Waals surface area contributed by atoms with E-state index in [1.807, 2.05) is 41.9 Å². The summed E-state index contributed by atoms with van der Waals surface area (Å²) in [5, 5.41) is 8.51. The lowest BCUT2D eigenvalue weighted by molar-refractivity contribution is -0.125. The summed E-state index contributed by atoms with van der Waals surface area (Å²) in [7, 11) is 0. The number of rotatable bonds is 5. The number of hydrogen-bond donors (Lipinski definition) is 1. The van der Waals surface area contributed by atoms with Crippen LogP contribution in [0.4, 0.5) is 0 Å². The number of nitrogens with one attached hydrogen (secondary N) is 1. The molecule has 1 amide bonds. The Bertz CT molecular complexity index is 1020. The van der Waals surface area contributed by atoms with Crippen LogP contribution in [0.25, 0.3) is 15.9 Å². The Morgan fingerprint density at radius 2 is 2.00 bits per heavy atom. The van der Waals surface area contributed by atoms with Crippen molar-refractivity contribution >= 4 is 33.4 Å². The van der Waals surface area contributed by atoms with Crippen LogP contribution in [0.5, 0.6) is 0 Å². The van der Waals surface area contributed by atoms with Crippen LogP contribution in [-0.2, 0) is 9.53 Å². The van der Waals surface area contributed by atoms with Gasteiger partial charge < -0.3 is 10.1 Å². The fraction of sp³-hybridized carbons (Fsp3) is 0.409. The third kappa shape index (κ3) is 4.19. The minimum absolute atomic E-state index is 0.179. The molecule has 0 bridgehead atoms. The summed E-state index contributed by atoms with van der Waals surface area (Å²) in [4.78, 5) is 26.1. The highest BCUT2D eigenvalue weighted by molar-refractivity contribution is 7.20. The molecular formula is C22H25N3O3S. The van der Waals surface area contributed by atoms with Gasteiger partial charge in [0.15, 0.2) is 6.61 Å². The van der Waals surface area contributed by atoms with Crippen LogP contribution < -0.4 is 5.32 Å². The summed E-state index contributed by atoms with van der Waals surface area (Å²) >= 11 is 1.33. The predicted octanol–water partition coefficient (Wildman–Crippen LogP) is 4.25. The van der Waals surface area contributed by atoms with E-state index in [4.69, 9.17) is 4.74 Å². The summed E-state index contributed by atoms with van der Waals surface area (Å²) in [6.07, 6.45) is 4.47. The van der Waals surface area contributed by atoms with E-state index in [1.54, 1.807) is 6.07 Å². The first-order chi connectivity index (χ1) is 14.0. The Morgan fingerprint density at radius 3 is 2.76 bits per heavy atom. The zero-order chi connectivity index (χ0) is 20.4. The maximum absolute atomic E-state index is 12.5. The van der Waals surface area contributed by atoms with Crippen LogP contribution in [0.2, 0.25) is 0 Å². The number of para-hydroxylation sites is 1. The summed E-state index contributed by atoms with van der Waals surface area (Å²) in [6.45, 7) is 3.83. The highest BCUT2D eigenvalue weighted by Gasteiger charge is 2.24. The minimum Gasteiger partial charge on any atom is -0.451 e. The van der Waals surface area contributed by atoms with Gasteiger partial charge in [-0.05, 0) is 43.9 Å². The van der Waals surface area contributed by atoms with Crippen LogP contribution >= 0.6 is 11.3 Å². The number of hydrogen-bond acceptors (Lipinski definition) is 5. The van der Waals surface area contributed by atoms with Crippen molar-refractivity contribution in [2.75, 3.05) is 6.61 Å². The van der Waals surface area contributed by atoms with Crippen molar-refractivity contribution in [3.63, 3.8) is 0 Å². The largest absolute Gasteiger partial charge is 0.451 e. The summed E-state index contributed by atoms with van der Waals surface area (Å²) in [6, 6.07) is 11.8. The van der Waals surface area contributed by atoms with Gasteiger partial charge in [0.25, 0.3) is 5.91 Å². The maximum Gasteiger partial charge on any atom is 0.348 e. The first-order valence-electron chi connectivity index (χ1n) is 10.0. The third-order valence-corrected chi connectivity index (χ3v) is 6.63. The van der Waals surface area contributed by atoms with Gasteiger partial charge >= 0.3 is 5.97 Å². The highest BCUT2D eigenvalue weighted by atomic mass is 32.1. The van der Waals surface area contributed by atoms with Gasteiger partial charge in [0, 0.05) is 11.4 Å². The molecule has 4 rings (SSSR count). The molecule has 29 heavy (non-hydrogen) atoms. The van der Waals surface area contributed by atoms with Crippen molar-refractivity contribution < 1.29 is 14.3 Å². The molecule has 1 aliphatic rings. The van der Waals surface area contributed by atoms with Gasteiger partial charge in [-0.25, -0.2) is 9.48 Å². The van der Waals surface area contributed by atoms with Gasteiger partial charge in [0.1, 0.15) is 9.71 Å². The molecule has 152 valence electrons. The Labute approximate surface area is 173 Å². The van der Waals surface area contributed by atoms with Gasteiger partial charge in [-0.1, -0.05) is 38.0 Å². The molecule has 1 N–H and O–H groups in total. The van der Waals surface area contributed by atoms with Gasteiger partial charge in [-0.3, -0.25) is 4.79 Å². The lowest BCUT2D eigenvalue weighted by atomic mass is 9.86. The molecular weight excluding hydrogens is 386 g/mol. The van der Waals surface area contributed by atoms with Crippen LogP contribution in [-0.4, -0.2) is 34.3 Å². The number of amides is 1. The second-order valence-corrected chi connectivity index (χ2v) is 8.70. The molecule has 2 aromatic heterocycles. The number of carbonyl (C=O) groups is 2. The van der Waals surface area contributed by atoms with Crippen molar-refractivity contribution in [1.29, 1.82) is 0 Å². The van der Waals surface area contributed by atoms with Gasteiger partial charge in [-0.15, -0.1) is 11.3 Å². The highest BCUT2D eigenvalue weighted by Crippen LogP contribution is 2.30. The molecule has 0 radical (unpaired) electrons. The fourth-order valence-corrected chi connectivity index (χ4v) is 4.95. The van der Waals surface area contributed by atoms with Gasteiger partial charge in [-0.2, -0.15) is 5.10 Å². The molecule has 0 aliphatic heterocycles. The molecule has 0 spiro atoms. The molecule has 6 nitrogen and oxygen atoms in total. The maximum atomic E-state index is 12.5. The predicted molar refractivity (Wildman–Crippen MR) is 114 cm³/mol. The lowest BCUT2D eigenvalue weighted by Gasteiger charge is -2.29. The first-order valence-corrected chi connectivity index (χ1v) is 10.9.